The molecular weight excluding hydrogens is 258 g/mol. The van der Waals surface area contributed by atoms with Crippen LogP contribution in [0.25, 0.3) is 11.1 Å². The SMILES string of the molecule is CNCc1ccc(C)cc1-c1ccc2c(c1)C(C)(C)CO2. The summed E-state index contributed by atoms with van der Waals surface area (Å²) in [5.41, 5.74) is 6.63. The van der Waals surface area contributed by atoms with Crippen LogP contribution >= 0.6 is 0 Å². The van der Waals surface area contributed by atoms with E-state index in [0.717, 1.165) is 18.9 Å². The molecule has 1 N–H and O–H groups in total. The van der Waals surface area contributed by atoms with Gasteiger partial charge in [-0.25, -0.2) is 0 Å². The van der Waals surface area contributed by atoms with Crippen molar-refractivity contribution in [2.75, 3.05) is 13.7 Å². The number of nitrogens with one attached hydrogen (secondary N) is 1. The molecule has 110 valence electrons. The summed E-state index contributed by atoms with van der Waals surface area (Å²) in [4.78, 5) is 0. The van der Waals surface area contributed by atoms with Gasteiger partial charge >= 0.3 is 0 Å². The molecule has 1 heterocycles. The van der Waals surface area contributed by atoms with Crippen LogP contribution in [0.2, 0.25) is 0 Å². The summed E-state index contributed by atoms with van der Waals surface area (Å²) in [6.07, 6.45) is 0. The van der Waals surface area contributed by atoms with E-state index in [0.29, 0.717) is 0 Å². The number of rotatable bonds is 3. The summed E-state index contributed by atoms with van der Waals surface area (Å²) >= 11 is 0. The van der Waals surface area contributed by atoms with Crippen LogP contribution < -0.4 is 10.1 Å². The molecule has 21 heavy (non-hydrogen) atoms. The zero-order valence-corrected chi connectivity index (χ0v) is 13.3. The summed E-state index contributed by atoms with van der Waals surface area (Å²) < 4.78 is 5.79. The number of fused-ring (bicyclic) bond motifs is 1. The number of hydrogen-bond acceptors (Lipinski definition) is 2. The van der Waals surface area contributed by atoms with Gasteiger partial charge in [-0.1, -0.05) is 43.7 Å². The Morgan fingerprint density at radius 2 is 1.95 bits per heavy atom. The Balaban J connectivity index is 2.12. The highest BCUT2D eigenvalue weighted by Crippen LogP contribution is 2.41. The number of hydrogen-bond donors (Lipinski definition) is 1. The highest BCUT2D eigenvalue weighted by atomic mass is 16.5. The Morgan fingerprint density at radius 3 is 2.71 bits per heavy atom. The number of aryl methyl sites for hydroxylation is 1. The van der Waals surface area contributed by atoms with E-state index < -0.39 is 0 Å². The van der Waals surface area contributed by atoms with E-state index >= 15 is 0 Å². The zero-order chi connectivity index (χ0) is 15.0. The lowest BCUT2D eigenvalue weighted by Crippen LogP contribution is -2.18. The van der Waals surface area contributed by atoms with Crippen molar-refractivity contribution in [1.82, 2.24) is 5.32 Å². The monoisotopic (exact) mass is 281 g/mol. The van der Waals surface area contributed by atoms with Crippen LogP contribution in [0, 0.1) is 6.92 Å². The van der Waals surface area contributed by atoms with Gasteiger partial charge in [0.2, 0.25) is 0 Å². The fourth-order valence-corrected chi connectivity index (χ4v) is 2.99. The molecule has 0 atom stereocenters. The zero-order valence-electron chi connectivity index (χ0n) is 13.3. The Kier molecular flexibility index (Phi) is 3.50. The predicted octanol–water partition coefficient (Wildman–Crippen LogP) is 4.05. The number of ether oxygens (including phenoxy) is 1. The second-order valence-corrected chi connectivity index (χ2v) is 6.57. The fraction of sp³-hybridized carbons (Fsp3) is 0.368. The molecule has 0 aromatic heterocycles. The average molecular weight is 281 g/mol. The van der Waals surface area contributed by atoms with Gasteiger partial charge in [0.15, 0.2) is 0 Å². The minimum absolute atomic E-state index is 0.0956. The maximum atomic E-state index is 5.79. The minimum atomic E-state index is 0.0956. The first kappa shape index (κ1) is 14.2. The van der Waals surface area contributed by atoms with Crippen molar-refractivity contribution in [3.05, 3.63) is 53.1 Å². The molecule has 0 saturated carbocycles. The molecular formula is C19H23NO. The molecule has 0 radical (unpaired) electrons. The molecule has 1 aliphatic heterocycles. The summed E-state index contributed by atoms with van der Waals surface area (Å²) in [5, 5.41) is 3.26. The van der Waals surface area contributed by atoms with Crippen molar-refractivity contribution in [3.63, 3.8) is 0 Å². The van der Waals surface area contributed by atoms with Crippen molar-refractivity contribution in [1.29, 1.82) is 0 Å². The standard InChI is InChI=1S/C19H23NO/c1-13-5-6-15(11-20-4)16(9-13)14-7-8-18-17(10-14)19(2,3)12-21-18/h5-10,20H,11-12H2,1-4H3. The van der Waals surface area contributed by atoms with Gasteiger partial charge in [-0.05, 0) is 42.8 Å². The van der Waals surface area contributed by atoms with Crippen LogP contribution in [-0.4, -0.2) is 13.7 Å². The smallest absolute Gasteiger partial charge is 0.123 e. The van der Waals surface area contributed by atoms with E-state index in [2.05, 4.69) is 62.5 Å². The molecule has 0 aliphatic carbocycles. The third kappa shape index (κ3) is 2.56. The molecule has 0 spiro atoms. The van der Waals surface area contributed by atoms with Crippen molar-refractivity contribution in [2.45, 2.75) is 32.7 Å². The van der Waals surface area contributed by atoms with E-state index in [-0.39, 0.29) is 5.41 Å². The third-order valence-electron chi connectivity index (χ3n) is 4.24. The molecule has 0 fully saturated rings. The summed E-state index contributed by atoms with van der Waals surface area (Å²) in [6.45, 7) is 8.28. The molecule has 0 amide bonds. The first-order chi connectivity index (χ1) is 10.0. The van der Waals surface area contributed by atoms with Crippen molar-refractivity contribution in [3.8, 4) is 16.9 Å². The maximum Gasteiger partial charge on any atom is 0.123 e. The van der Waals surface area contributed by atoms with Gasteiger partial charge in [0.25, 0.3) is 0 Å². The molecule has 3 rings (SSSR count). The largest absolute Gasteiger partial charge is 0.492 e. The van der Waals surface area contributed by atoms with Crippen LogP contribution in [0.4, 0.5) is 0 Å². The summed E-state index contributed by atoms with van der Waals surface area (Å²) in [7, 11) is 1.99. The third-order valence-corrected chi connectivity index (χ3v) is 4.24. The normalized spacial score (nSPS) is 15.6. The second-order valence-electron chi connectivity index (χ2n) is 6.57. The van der Waals surface area contributed by atoms with Crippen molar-refractivity contribution in [2.24, 2.45) is 0 Å². The van der Waals surface area contributed by atoms with Crippen LogP contribution in [0.15, 0.2) is 36.4 Å². The molecule has 2 aromatic carbocycles. The fourth-order valence-electron chi connectivity index (χ4n) is 2.99. The van der Waals surface area contributed by atoms with Crippen molar-refractivity contribution < 1.29 is 4.74 Å². The van der Waals surface area contributed by atoms with Gasteiger partial charge in [0.1, 0.15) is 5.75 Å². The predicted molar refractivity (Wildman–Crippen MR) is 87.9 cm³/mol. The summed E-state index contributed by atoms with van der Waals surface area (Å²) in [5.74, 6) is 1.03. The van der Waals surface area contributed by atoms with Gasteiger partial charge in [-0.3, -0.25) is 0 Å². The molecule has 1 aliphatic rings. The van der Waals surface area contributed by atoms with E-state index in [1.165, 1.54) is 27.8 Å². The van der Waals surface area contributed by atoms with E-state index in [9.17, 15) is 0 Å². The molecule has 0 unspecified atom stereocenters. The minimum Gasteiger partial charge on any atom is -0.492 e. The highest BCUT2D eigenvalue weighted by molar-refractivity contribution is 5.71. The Bertz CT molecular complexity index is 673. The van der Waals surface area contributed by atoms with E-state index in [4.69, 9.17) is 4.74 Å². The molecule has 2 heteroatoms. The Morgan fingerprint density at radius 1 is 1.14 bits per heavy atom. The topological polar surface area (TPSA) is 21.3 Å². The lowest BCUT2D eigenvalue weighted by atomic mass is 9.85. The van der Waals surface area contributed by atoms with Gasteiger partial charge in [0, 0.05) is 17.5 Å². The van der Waals surface area contributed by atoms with Crippen LogP contribution in [0.3, 0.4) is 0 Å². The Labute approximate surface area is 127 Å². The first-order valence-electron chi connectivity index (χ1n) is 7.53. The molecule has 0 bridgehead atoms. The second kappa shape index (κ2) is 5.19. The quantitative estimate of drug-likeness (QED) is 0.916. The van der Waals surface area contributed by atoms with Crippen LogP contribution in [0.5, 0.6) is 5.75 Å². The van der Waals surface area contributed by atoms with Crippen molar-refractivity contribution >= 4 is 0 Å². The van der Waals surface area contributed by atoms with Gasteiger partial charge < -0.3 is 10.1 Å². The van der Waals surface area contributed by atoms with Crippen LogP contribution in [-0.2, 0) is 12.0 Å². The molecule has 0 saturated heterocycles. The maximum absolute atomic E-state index is 5.79. The average Bonchev–Trinajstić information content (AvgIpc) is 2.76. The molecule has 2 aromatic rings. The van der Waals surface area contributed by atoms with Gasteiger partial charge in [0.05, 0.1) is 6.61 Å². The van der Waals surface area contributed by atoms with Gasteiger partial charge in [-0.2, -0.15) is 0 Å². The van der Waals surface area contributed by atoms with Gasteiger partial charge in [-0.15, -0.1) is 0 Å². The first-order valence-corrected chi connectivity index (χ1v) is 7.53. The molecule has 2 nitrogen and oxygen atoms in total. The number of benzene rings is 2. The Hall–Kier alpha value is -1.80. The van der Waals surface area contributed by atoms with Crippen LogP contribution in [0.1, 0.15) is 30.5 Å². The van der Waals surface area contributed by atoms with E-state index in [1.54, 1.807) is 0 Å². The lowest BCUT2D eigenvalue weighted by molar-refractivity contribution is 0.291. The highest BCUT2D eigenvalue weighted by Gasteiger charge is 2.31. The summed E-state index contributed by atoms with van der Waals surface area (Å²) in [6, 6.07) is 13.3. The van der Waals surface area contributed by atoms with E-state index in [1.807, 2.05) is 7.05 Å². The lowest BCUT2D eigenvalue weighted by Gasteiger charge is -2.17.